The molecule has 0 aliphatic carbocycles. The minimum absolute atomic E-state index is 0.0975. The number of amides is 1. The molecule has 0 saturated carbocycles. The predicted octanol–water partition coefficient (Wildman–Crippen LogP) is 4.35. The molecule has 0 atom stereocenters. The highest BCUT2D eigenvalue weighted by Crippen LogP contribution is 2.31. The Bertz CT molecular complexity index is 1470. The van der Waals surface area contributed by atoms with Crippen LogP contribution in [0.2, 0.25) is 0 Å². The first-order valence-corrected chi connectivity index (χ1v) is 11.9. The van der Waals surface area contributed by atoms with Gasteiger partial charge in [-0.15, -0.1) is 0 Å². The number of aryl methyl sites for hydroxylation is 1. The van der Waals surface area contributed by atoms with Crippen LogP contribution in [0.3, 0.4) is 0 Å². The second kappa shape index (κ2) is 9.54. The van der Waals surface area contributed by atoms with Crippen LogP contribution in [0.1, 0.15) is 28.0 Å². The molecule has 8 heteroatoms. The maximum atomic E-state index is 14.6. The lowest BCUT2D eigenvalue weighted by Crippen LogP contribution is -2.29. The highest BCUT2D eigenvalue weighted by molar-refractivity contribution is 5.95. The average molecular weight is 485 g/mol. The summed E-state index contributed by atoms with van der Waals surface area (Å²) in [5.41, 5.74) is 12.0. The number of anilines is 1. The van der Waals surface area contributed by atoms with Crippen LogP contribution in [0.25, 0.3) is 27.7 Å². The summed E-state index contributed by atoms with van der Waals surface area (Å²) in [6, 6.07) is 12.9. The van der Waals surface area contributed by atoms with Crippen molar-refractivity contribution in [3.05, 3.63) is 83.6 Å². The van der Waals surface area contributed by atoms with E-state index in [-0.39, 0.29) is 11.5 Å². The number of benzene rings is 1. The van der Waals surface area contributed by atoms with Gasteiger partial charge in [0.15, 0.2) is 0 Å². The quantitative estimate of drug-likeness (QED) is 0.456. The van der Waals surface area contributed by atoms with E-state index < -0.39 is 5.82 Å². The van der Waals surface area contributed by atoms with Crippen LogP contribution < -0.4 is 5.73 Å². The van der Waals surface area contributed by atoms with E-state index in [1.807, 2.05) is 37.5 Å². The SMILES string of the molecule is CN(C)C(=O)c1ccc(C2=CCN(Cc3cc4c(-c5ccc(N)nc5)ccnc4n3C)CC2)cc1F. The van der Waals surface area contributed by atoms with Crippen molar-refractivity contribution in [2.45, 2.75) is 13.0 Å². The highest BCUT2D eigenvalue weighted by atomic mass is 19.1. The molecule has 0 bridgehead atoms. The lowest BCUT2D eigenvalue weighted by atomic mass is 9.97. The number of hydrogen-bond acceptors (Lipinski definition) is 5. The largest absolute Gasteiger partial charge is 0.384 e. The van der Waals surface area contributed by atoms with Gasteiger partial charge in [-0.3, -0.25) is 9.69 Å². The minimum atomic E-state index is -0.482. The van der Waals surface area contributed by atoms with Crippen LogP contribution in [0, 0.1) is 5.82 Å². The summed E-state index contributed by atoms with van der Waals surface area (Å²) in [7, 11) is 5.28. The smallest absolute Gasteiger partial charge is 0.256 e. The number of carbonyl (C=O) groups excluding carboxylic acids is 1. The Morgan fingerprint density at radius 2 is 1.92 bits per heavy atom. The van der Waals surface area contributed by atoms with E-state index >= 15 is 0 Å². The molecule has 0 unspecified atom stereocenters. The van der Waals surface area contributed by atoms with Gasteiger partial charge in [0, 0.05) is 69.8 Å². The van der Waals surface area contributed by atoms with Gasteiger partial charge in [-0.05, 0) is 59.5 Å². The van der Waals surface area contributed by atoms with Crippen LogP contribution in [0.5, 0.6) is 0 Å². The predicted molar refractivity (Wildman–Crippen MR) is 141 cm³/mol. The summed E-state index contributed by atoms with van der Waals surface area (Å²) < 4.78 is 16.7. The van der Waals surface area contributed by atoms with Crippen LogP contribution in [-0.4, -0.2) is 57.4 Å². The first-order chi connectivity index (χ1) is 17.3. The zero-order valence-electron chi connectivity index (χ0n) is 20.7. The van der Waals surface area contributed by atoms with Gasteiger partial charge in [0.2, 0.25) is 0 Å². The number of nitrogen functional groups attached to an aromatic ring is 1. The van der Waals surface area contributed by atoms with E-state index in [1.165, 1.54) is 16.7 Å². The number of nitrogens with two attached hydrogens (primary N) is 1. The number of rotatable bonds is 5. The Balaban J connectivity index is 1.34. The fourth-order valence-electron chi connectivity index (χ4n) is 4.71. The van der Waals surface area contributed by atoms with Crippen molar-refractivity contribution >= 4 is 28.3 Å². The average Bonchev–Trinajstić information content (AvgIpc) is 3.19. The molecule has 2 N–H and O–H groups in total. The van der Waals surface area contributed by atoms with Crippen LogP contribution in [-0.2, 0) is 13.6 Å². The monoisotopic (exact) mass is 484 g/mol. The molecule has 1 aliphatic rings. The second-order valence-corrected chi connectivity index (χ2v) is 9.37. The van der Waals surface area contributed by atoms with Gasteiger partial charge in [0.1, 0.15) is 17.3 Å². The lowest BCUT2D eigenvalue weighted by Gasteiger charge is -2.26. The summed E-state index contributed by atoms with van der Waals surface area (Å²) in [5, 5.41) is 1.08. The summed E-state index contributed by atoms with van der Waals surface area (Å²) >= 11 is 0. The van der Waals surface area contributed by atoms with E-state index in [2.05, 4.69) is 31.6 Å². The van der Waals surface area contributed by atoms with E-state index in [0.717, 1.165) is 59.4 Å². The molecular weight excluding hydrogens is 455 g/mol. The number of carbonyl (C=O) groups is 1. The molecule has 0 spiro atoms. The number of hydrogen-bond donors (Lipinski definition) is 1. The van der Waals surface area contributed by atoms with Crippen molar-refractivity contribution in [2.75, 3.05) is 32.9 Å². The number of nitrogens with zero attached hydrogens (tertiary/aromatic N) is 5. The van der Waals surface area contributed by atoms with Gasteiger partial charge in [0.05, 0.1) is 5.56 Å². The number of fused-ring (bicyclic) bond motifs is 1. The highest BCUT2D eigenvalue weighted by Gasteiger charge is 2.19. The minimum Gasteiger partial charge on any atom is -0.384 e. The van der Waals surface area contributed by atoms with Crippen molar-refractivity contribution in [1.82, 2.24) is 24.3 Å². The summed E-state index contributed by atoms with van der Waals surface area (Å²) in [5.74, 6) is -0.316. The van der Waals surface area contributed by atoms with E-state index in [4.69, 9.17) is 5.73 Å². The van der Waals surface area contributed by atoms with Crippen LogP contribution in [0.4, 0.5) is 10.2 Å². The van der Waals surface area contributed by atoms with Crippen molar-refractivity contribution in [1.29, 1.82) is 0 Å². The molecule has 1 aliphatic heterocycles. The van der Waals surface area contributed by atoms with Crippen LogP contribution >= 0.6 is 0 Å². The molecule has 1 aromatic carbocycles. The summed E-state index contributed by atoms with van der Waals surface area (Å²) in [6.45, 7) is 2.40. The van der Waals surface area contributed by atoms with Crippen LogP contribution in [0.15, 0.2) is 60.9 Å². The number of pyridine rings is 2. The Kier molecular flexibility index (Phi) is 6.28. The summed E-state index contributed by atoms with van der Waals surface area (Å²) in [4.78, 5) is 24.7. The molecule has 4 aromatic rings. The Hall–Kier alpha value is -4.04. The Labute approximate surface area is 209 Å². The lowest BCUT2D eigenvalue weighted by molar-refractivity contribution is 0.0823. The van der Waals surface area contributed by atoms with E-state index in [9.17, 15) is 9.18 Å². The van der Waals surface area contributed by atoms with Crippen molar-refractivity contribution < 1.29 is 9.18 Å². The third kappa shape index (κ3) is 4.47. The third-order valence-electron chi connectivity index (χ3n) is 6.78. The number of halogens is 1. The molecule has 4 heterocycles. The standard InChI is InChI=1S/C28H29FN6O/c1-33(2)28(36)23-6-4-19(14-25(23)29)18-9-12-35(13-10-18)17-21-15-24-22(8-11-31-27(24)34(21)3)20-5-7-26(30)32-16-20/h4-9,11,14-16H,10,12-13,17H2,1-3H3,(H2,30,32). The first kappa shape index (κ1) is 23.7. The molecule has 7 nitrogen and oxygen atoms in total. The zero-order valence-corrected chi connectivity index (χ0v) is 20.7. The molecule has 0 saturated heterocycles. The maximum absolute atomic E-state index is 14.6. The fourth-order valence-corrected chi connectivity index (χ4v) is 4.71. The first-order valence-electron chi connectivity index (χ1n) is 11.9. The van der Waals surface area contributed by atoms with Gasteiger partial charge in [0.25, 0.3) is 5.91 Å². The van der Waals surface area contributed by atoms with Gasteiger partial charge < -0.3 is 15.2 Å². The van der Waals surface area contributed by atoms with Gasteiger partial charge >= 0.3 is 0 Å². The molecule has 184 valence electrons. The Morgan fingerprint density at radius 3 is 2.58 bits per heavy atom. The molecule has 36 heavy (non-hydrogen) atoms. The molecular formula is C28H29FN6O. The maximum Gasteiger partial charge on any atom is 0.256 e. The fraction of sp³-hybridized carbons (Fsp3) is 0.250. The topological polar surface area (TPSA) is 80.3 Å². The third-order valence-corrected chi connectivity index (χ3v) is 6.78. The summed E-state index contributed by atoms with van der Waals surface area (Å²) in [6.07, 6.45) is 6.58. The van der Waals surface area contributed by atoms with Crippen molar-refractivity contribution in [3.8, 4) is 11.1 Å². The van der Waals surface area contributed by atoms with E-state index in [0.29, 0.717) is 5.82 Å². The van der Waals surface area contributed by atoms with Crippen molar-refractivity contribution in [2.24, 2.45) is 7.05 Å². The molecule has 5 rings (SSSR count). The van der Waals surface area contributed by atoms with E-state index in [1.54, 1.807) is 26.4 Å². The molecule has 3 aromatic heterocycles. The van der Waals surface area contributed by atoms with Gasteiger partial charge in [-0.1, -0.05) is 12.1 Å². The second-order valence-electron chi connectivity index (χ2n) is 9.37. The zero-order chi connectivity index (χ0) is 25.4. The number of aromatic nitrogens is 3. The molecule has 1 amide bonds. The molecule has 0 fully saturated rings. The normalized spacial score (nSPS) is 14.2. The Morgan fingerprint density at radius 1 is 1.11 bits per heavy atom. The van der Waals surface area contributed by atoms with Gasteiger partial charge in [-0.2, -0.15) is 0 Å². The van der Waals surface area contributed by atoms with Crippen molar-refractivity contribution in [3.63, 3.8) is 0 Å². The van der Waals surface area contributed by atoms with Gasteiger partial charge in [-0.25, -0.2) is 14.4 Å². The molecule has 0 radical (unpaired) electrons.